The van der Waals surface area contributed by atoms with E-state index in [0.29, 0.717) is 6.54 Å². The van der Waals surface area contributed by atoms with E-state index in [1.807, 2.05) is 10.8 Å². The number of rotatable bonds is 4. The molecule has 1 aliphatic rings. The molecular formula is C19H26N4O2. The third kappa shape index (κ3) is 4.00. The molecule has 0 spiro atoms. The van der Waals surface area contributed by atoms with Crippen molar-refractivity contribution in [2.45, 2.75) is 59.0 Å². The lowest BCUT2D eigenvalue weighted by Gasteiger charge is -2.31. The Balaban J connectivity index is 1.83. The van der Waals surface area contributed by atoms with Gasteiger partial charge in [0.05, 0.1) is 12.4 Å². The van der Waals surface area contributed by atoms with Crippen LogP contribution < -0.4 is 10.9 Å². The molecular weight excluding hydrogens is 316 g/mol. The Morgan fingerprint density at radius 1 is 1.36 bits per heavy atom. The van der Waals surface area contributed by atoms with Crippen molar-refractivity contribution in [2.24, 2.45) is 5.41 Å². The minimum absolute atomic E-state index is 0.121. The Labute approximate surface area is 147 Å². The van der Waals surface area contributed by atoms with E-state index in [4.69, 9.17) is 0 Å². The molecule has 0 saturated carbocycles. The lowest BCUT2D eigenvalue weighted by Crippen LogP contribution is -2.47. The van der Waals surface area contributed by atoms with E-state index in [0.717, 1.165) is 36.9 Å². The lowest BCUT2D eigenvalue weighted by molar-refractivity contribution is 0.0891. The van der Waals surface area contributed by atoms with Crippen LogP contribution in [-0.2, 0) is 19.4 Å². The molecule has 6 nitrogen and oxygen atoms in total. The molecule has 25 heavy (non-hydrogen) atoms. The Kier molecular flexibility index (Phi) is 4.79. The molecule has 0 fully saturated rings. The fourth-order valence-corrected chi connectivity index (χ4v) is 3.22. The smallest absolute Gasteiger partial charge is 0.261 e. The van der Waals surface area contributed by atoms with Gasteiger partial charge in [0.1, 0.15) is 5.56 Å². The molecule has 134 valence electrons. The van der Waals surface area contributed by atoms with E-state index < -0.39 is 0 Å². The number of nitrogens with one attached hydrogen (secondary N) is 2. The van der Waals surface area contributed by atoms with Crippen LogP contribution in [0.1, 0.15) is 55.2 Å². The zero-order chi connectivity index (χ0) is 18.0. The van der Waals surface area contributed by atoms with Gasteiger partial charge in [-0.05, 0) is 42.7 Å². The normalized spacial score (nSPS) is 15.5. The highest BCUT2D eigenvalue weighted by Gasteiger charge is 2.28. The summed E-state index contributed by atoms with van der Waals surface area (Å²) >= 11 is 0. The van der Waals surface area contributed by atoms with Gasteiger partial charge in [0.2, 0.25) is 0 Å². The molecule has 2 heterocycles. The molecule has 6 heteroatoms. The molecule has 0 saturated heterocycles. The van der Waals surface area contributed by atoms with E-state index in [9.17, 15) is 9.59 Å². The molecule has 0 bridgehead atoms. The number of amides is 1. The number of pyridine rings is 1. The minimum Gasteiger partial charge on any atom is -0.347 e. The minimum atomic E-state index is -0.310. The first-order valence-electron chi connectivity index (χ1n) is 8.86. The van der Waals surface area contributed by atoms with Gasteiger partial charge in [-0.1, -0.05) is 20.8 Å². The molecule has 1 amide bonds. The van der Waals surface area contributed by atoms with Crippen molar-refractivity contribution in [3.8, 4) is 0 Å². The molecule has 0 aromatic carbocycles. The van der Waals surface area contributed by atoms with Gasteiger partial charge in [0.25, 0.3) is 11.5 Å². The maximum atomic E-state index is 12.8. The van der Waals surface area contributed by atoms with Crippen molar-refractivity contribution in [1.29, 1.82) is 0 Å². The fraction of sp³-hybridized carbons (Fsp3) is 0.526. The molecule has 1 aliphatic carbocycles. The SMILES string of the molecule is CC(C)(C)[C@H](Cn1ccnc1)NC(=O)c1cc2c([nH]c1=O)CCCC2. The first-order valence-corrected chi connectivity index (χ1v) is 8.86. The number of aromatic nitrogens is 3. The standard InChI is InChI=1S/C19H26N4O2/c1-19(2,3)16(11-23-9-8-20-12-23)22-18(25)14-10-13-6-4-5-7-15(13)21-17(14)24/h8-10,12,16H,4-7,11H2,1-3H3,(H,21,24)(H,22,25)/t16-/m0/s1. The second-order valence-electron chi connectivity index (χ2n) is 7.87. The number of aryl methyl sites for hydroxylation is 2. The van der Waals surface area contributed by atoms with Gasteiger partial charge >= 0.3 is 0 Å². The van der Waals surface area contributed by atoms with Crippen LogP contribution in [0.5, 0.6) is 0 Å². The molecule has 0 aliphatic heterocycles. The zero-order valence-corrected chi connectivity index (χ0v) is 15.1. The Hall–Kier alpha value is -2.37. The molecule has 2 aromatic heterocycles. The van der Waals surface area contributed by atoms with Crippen LogP contribution in [0.3, 0.4) is 0 Å². The number of imidazole rings is 1. The van der Waals surface area contributed by atoms with Crippen LogP contribution in [0, 0.1) is 5.41 Å². The van der Waals surface area contributed by atoms with Crippen LogP contribution in [0.2, 0.25) is 0 Å². The lowest BCUT2D eigenvalue weighted by atomic mass is 9.86. The summed E-state index contributed by atoms with van der Waals surface area (Å²) in [5.41, 5.74) is 1.84. The Bertz CT molecular complexity index is 800. The molecule has 0 radical (unpaired) electrons. The molecule has 2 N–H and O–H groups in total. The van der Waals surface area contributed by atoms with Crippen molar-refractivity contribution in [1.82, 2.24) is 19.9 Å². The van der Waals surface area contributed by atoms with Gasteiger partial charge in [0, 0.05) is 24.6 Å². The quantitative estimate of drug-likeness (QED) is 0.895. The third-order valence-corrected chi connectivity index (χ3v) is 4.89. The molecule has 2 aromatic rings. The Morgan fingerprint density at radius 2 is 2.12 bits per heavy atom. The summed E-state index contributed by atoms with van der Waals surface area (Å²) in [7, 11) is 0. The van der Waals surface area contributed by atoms with Gasteiger partial charge in [-0.3, -0.25) is 9.59 Å². The number of hydrogen-bond donors (Lipinski definition) is 2. The Morgan fingerprint density at radius 3 is 2.80 bits per heavy atom. The van der Waals surface area contributed by atoms with Crippen LogP contribution in [0.4, 0.5) is 0 Å². The largest absolute Gasteiger partial charge is 0.347 e. The number of H-pyrrole nitrogens is 1. The summed E-state index contributed by atoms with van der Waals surface area (Å²) in [6.07, 6.45) is 9.32. The second kappa shape index (κ2) is 6.86. The van der Waals surface area contributed by atoms with Gasteiger partial charge in [-0.15, -0.1) is 0 Å². The van der Waals surface area contributed by atoms with Crippen molar-refractivity contribution in [2.75, 3.05) is 0 Å². The van der Waals surface area contributed by atoms with Crippen molar-refractivity contribution in [3.63, 3.8) is 0 Å². The highest BCUT2D eigenvalue weighted by atomic mass is 16.2. The number of aromatic amines is 1. The van der Waals surface area contributed by atoms with Gasteiger partial charge in [0.15, 0.2) is 0 Å². The summed E-state index contributed by atoms with van der Waals surface area (Å²) in [6, 6.07) is 1.66. The summed E-state index contributed by atoms with van der Waals surface area (Å²) in [6.45, 7) is 6.84. The van der Waals surface area contributed by atoms with Crippen molar-refractivity contribution < 1.29 is 4.79 Å². The molecule has 0 unspecified atom stereocenters. The summed E-state index contributed by atoms with van der Waals surface area (Å²) in [5, 5.41) is 3.05. The van der Waals surface area contributed by atoms with Crippen LogP contribution in [0.25, 0.3) is 0 Å². The summed E-state index contributed by atoms with van der Waals surface area (Å²) in [5.74, 6) is -0.310. The molecule has 1 atom stereocenters. The molecule has 3 rings (SSSR count). The van der Waals surface area contributed by atoms with Crippen LogP contribution >= 0.6 is 0 Å². The zero-order valence-electron chi connectivity index (χ0n) is 15.1. The number of carbonyl (C=O) groups excluding carboxylic acids is 1. The summed E-state index contributed by atoms with van der Waals surface area (Å²) in [4.78, 5) is 32.1. The number of hydrogen-bond acceptors (Lipinski definition) is 3. The third-order valence-electron chi connectivity index (χ3n) is 4.89. The van der Waals surface area contributed by atoms with Crippen LogP contribution in [-0.4, -0.2) is 26.5 Å². The van der Waals surface area contributed by atoms with E-state index in [1.54, 1.807) is 18.6 Å². The highest BCUT2D eigenvalue weighted by molar-refractivity contribution is 5.94. The summed E-state index contributed by atoms with van der Waals surface area (Å²) < 4.78 is 1.94. The maximum Gasteiger partial charge on any atom is 0.261 e. The van der Waals surface area contributed by atoms with Crippen LogP contribution in [0.15, 0.2) is 29.6 Å². The van der Waals surface area contributed by atoms with Gasteiger partial charge < -0.3 is 14.9 Å². The number of carbonyl (C=O) groups is 1. The number of nitrogens with zero attached hydrogens (tertiary/aromatic N) is 2. The predicted octanol–water partition coefficient (Wildman–Crippen LogP) is 2.29. The number of fused-ring (bicyclic) bond motifs is 1. The van der Waals surface area contributed by atoms with Crippen molar-refractivity contribution in [3.05, 3.63) is 52.0 Å². The maximum absolute atomic E-state index is 12.8. The van der Waals surface area contributed by atoms with E-state index in [-0.39, 0.29) is 28.5 Å². The predicted molar refractivity (Wildman–Crippen MR) is 96.6 cm³/mol. The first-order chi connectivity index (χ1) is 11.8. The van der Waals surface area contributed by atoms with Gasteiger partial charge in [-0.25, -0.2) is 4.98 Å². The second-order valence-corrected chi connectivity index (χ2v) is 7.87. The van der Waals surface area contributed by atoms with Crippen molar-refractivity contribution >= 4 is 5.91 Å². The van der Waals surface area contributed by atoms with E-state index in [2.05, 4.69) is 36.1 Å². The average Bonchev–Trinajstić information content (AvgIpc) is 3.05. The van der Waals surface area contributed by atoms with Gasteiger partial charge in [-0.2, -0.15) is 0 Å². The van der Waals surface area contributed by atoms with E-state index >= 15 is 0 Å². The average molecular weight is 342 g/mol. The highest BCUT2D eigenvalue weighted by Crippen LogP contribution is 2.22. The fourth-order valence-electron chi connectivity index (χ4n) is 3.22. The van der Waals surface area contributed by atoms with E-state index in [1.165, 1.54) is 0 Å². The topological polar surface area (TPSA) is 79.8 Å². The first kappa shape index (κ1) is 17.5. The monoisotopic (exact) mass is 342 g/mol.